The first-order valence-electron chi connectivity index (χ1n) is 10.2. The molecule has 4 unspecified atom stereocenters. The Hall–Kier alpha value is -2.81. The minimum Gasteiger partial charge on any atom is -0.464 e. The quantitative estimate of drug-likeness (QED) is 0.567. The van der Waals surface area contributed by atoms with E-state index in [1.54, 1.807) is 13.0 Å². The number of ether oxygens (including phenoxy) is 2. The standard InChI is InChI=1S/C23H28N2O4/c1-3-29-22(26)21-14-19-13-17(9-10-18(19)15-25(21)23(27)28-2)20(11-12-24)16-7-5-4-6-8-16/h4-8,11,17-19,21H,3,9-10,13-15H2,1-2H3. The van der Waals surface area contributed by atoms with E-state index in [0.29, 0.717) is 24.8 Å². The van der Waals surface area contributed by atoms with E-state index in [1.165, 1.54) is 12.0 Å². The molecular formula is C23H28N2O4. The van der Waals surface area contributed by atoms with Gasteiger partial charge in [-0.15, -0.1) is 0 Å². The molecule has 6 nitrogen and oxygen atoms in total. The van der Waals surface area contributed by atoms with Gasteiger partial charge in [0.05, 0.1) is 19.8 Å². The first-order valence-corrected chi connectivity index (χ1v) is 10.2. The van der Waals surface area contributed by atoms with Gasteiger partial charge in [0.1, 0.15) is 6.04 Å². The lowest BCUT2D eigenvalue weighted by atomic mass is 9.66. The first kappa shape index (κ1) is 20.9. The summed E-state index contributed by atoms with van der Waals surface area (Å²) in [6.45, 7) is 2.56. The summed E-state index contributed by atoms with van der Waals surface area (Å²) in [7, 11) is 1.34. The van der Waals surface area contributed by atoms with Gasteiger partial charge in [-0.1, -0.05) is 30.3 Å². The molecule has 1 saturated carbocycles. The number of esters is 1. The molecule has 29 heavy (non-hydrogen) atoms. The van der Waals surface area contributed by atoms with Crippen molar-refractivity contribution in [1.82, 2.24) is 4.90 Å². The number of methoxy groups -OCH3 is 1. The van der Waals surface area contributed by atoms with Crippen molar-refractivity contribution in [3.05, 3.63) is 42.0 Å². The molecule has 1 heterocycles. The Morgan fingerprint density at radius 1 is 1.21 bits per heavy atom. The minimum absolute atomic E-state index is 0.269. The lowest BCUT2D eigenvalue weighted by Crippen LogP contribution is -2.55. The van der Waals surface area contributed by atoms with Gasteiger partial charge in [-0.3, -0.25) is 4.90 Å². The van der Waals surface area contributed by atoms with E-state index in [4.69, 9.17) is 9.47 Å². The molecule has 1 aromatic carbocycles. The Bertz CT molecular complexity index is 799. The van der Waals surface area contributed by atoms with Crippen molar-refractivity contribution in [3.8, 4) is 6.07 Å². The number of hydrogen-bond donors (Lipinski definition) is 0. The van der Waals surface area contributed by atoms with Crippen LogP contribution in [0, 0.1) is 29.1 Å². The van der Waals surface area contributed by atoms with E-state index < -0.39 is 12.1 Å². The fourth-order valence-corrected chi connectivity index (χ4v) is 4.85. The van der Waals surface area contributed by atoms with Gasteiger partial charge in [0.25, 0.3) is 0 Å². The van der Waals surface area contributed by atoms with Crippen molar-refractivity contribution < 1.29 is 19.1 Å². The summed E-state index contributed by atoms with van der Waals surface area (Å²) in [4.78, 5) is 26.3. The van der Waals surface area contributed by atoms with Crippen molar-refractivity contribution in [1.29, 1.82) is 5.26 Å². The number of carbonyl (C=O) groups excluding carboxylic acids is 2. The minimum atomic E-state index is -0.609. The van der Waals surface area contributed by atoms with Gasteiger partial charge in [-0.2, -0.15) is 5.26 Å². The number of rotatable bonds is 4. The molecule has 0 N–H and O–H groups in total. The maximum absolute atomic E-state index is 12.5. The molecule has 0 aromatic heterocycles. The van der Waals surface area contributed by atoms with Crippen LogP contribution in [0.5, 0.6) is 0 Å². The van der Waals surface area contributed by atoms with Crippen LogP contribution in [0.3, 0.4) is 0 Å². The third-order valence-electron chi connectivity index (χ3n) is 6.21. The molecule has 1 aliphatic carbocycles. The summed E-state index contributed by atoms with van der Waals surface area (Å²) in [5.74, 6) is 0.533. The topological polar surface area (TPSA) is 79.6 Å². The van der Waals surface area contributed by atoms with Crippen molar-refractivity contribution in [3.63, 3.8) is 0 Å². The third-order valence-corrected chi connectivity index (χ3v) is 6.21. The number of allylic oxidation sites excluding steroid dienone is 2. The van der Waals surface area contributed by atoms with E-state index in [0.717, 1.165) is 30.4 Å². The molecule has 0 spiro atoms. The Morgan fingerprint density at radius 3 is 2.62 bits per heavy atom. The number of nitrogens with zero attached hydrogens (tertiary/aromatic N) is 2. The number of fused-ring (bicyclic) bond motifs is 1. The third kappa shape index (κ3) is 4.61. The smallest absolute Gasteiger partial charge is 0.410 e. The first-order chi connectivity index (χ1) is 14.1. The monoisotopic (exact) mass is 396 g/mol. The van der Waals surface area contributed by atoms with Gasteiger partial charge in [-0.25, -0.2) is 9.59 Å². The van der Waals surface area contributed by atoms with E-state index in [-0.39, 0.29) is 18.5 Å². The van der Waals surface area contributed by atoms with Crippen molar-refractivity contribution >= 4 is 17.6 Å². The fraction of sp³-hybridized carbons (Fsp3) is 0.522. The molecule has 1 saturated heterocycles. The van der Waals surface area contributed by atoms with Crippen LogP contribution < -0.4 is 0 Å². The molecule has 3 rings (SSSR count). The van der Waals surface area contributed by atoms with Crippen LogP contribution in [0.1, 0.15) is 38.2 Å². The molecule has 154 valence electrons. The zero-order valence-corrected chi connectivity index (χ0v) is 17.0. The Morgan fingerprint density at radius 2 is 1.97 bits per heavy atom. The second-order valence-corrected chi connectivity index (χ2v) is 7.75. The van der Waals surface area contributed by atoms with Gasteiger partial charge in [0, 0.05) is 12.6 Å². The molecule has 0 radical (unpaired) electrons. The van der Waals surface area contributed by atoms with Crippen LogP contribution in [-0.2, 0) is 14.3 Å². The van der Waals surface area contributed by atoms with Crippen LogP contribution in [0.25, 0.3) is 5.57 Å². The number of benzene rings is 1. The number of piperidine rings is 1. The van der Waals surface area contributed by atoms with Crippen molar-refractivity contribution in [2.45, 2.75) is 38.6 Å². The van der Waals surface area contributed by atoms with Crippen LogP contribution in [0.4, 0.5) is 4.79 Å². The normalized spacial score (nSPS) is 26.8. The van der Waals surface area contributed by atoms with E-state index in [1.807, 2.05) is 30.3 Å². The van der Waals surface area contributed by atoms with Crippen molar-refractivity contribution in [2.75, 3.05) is 20.3 Å². The fourth-order valence-electron chi connectivity index (χ4n) is 4.85. The predicted molar refractivity (Wildman–Crippen MR) is 109 cm³/mol. The van der Waals surface area contributed by atoms with E-state index >= 15 is 0 Å². The lowest BCUT2D eigenvalue weighted by Gasteiger charge is -2.46. The van der Waals surface area contributed by atoms with Gasteiger partial charge in [0.15, 0.2) is 0 Å². The summed E-state index contributed by atoms with van der Waals surface area (Å²) >= 11 is 0. The van der Waals surface area contributed by atoms with Crippen LogP contribution >= 0.6 is 0 Å². The average molecular weight is 396 g/mol. The summed E-state index contributed by atoms with van der Waals surface area (Å²) in [6.07, 6.45) is 4.57. The summed E-state index contributed by atoms with van der Waals surface area (Å²) < 4.78 is 10.1. The molecule has 1 amide bonds. The number of amides is 1. The molecule has 1 aliphatic heterocycles. The largest absolute Gasteiger partial charge is 0.464 e. The summed E-state index contributed by atoms with van der Waals surface area (Å²) in [6, 6.07) is 11.6. The molecule has 0 bridgehead atoms. The second kappa shape index (κ2) is 9.60. The highest BCUT2D eigenvalue weighted by atomic mass is 16.6. The number of hydrogen-bond acceptors (Lipinski definition) is 5. The number of nitriles is 1. The molecule has 2 aliphatic rings. The molecule has 4 atom stereocenters. The van der Waals surface area contributed by atoms with Gasteiger partial charge in [0.2, 0.25) is 0 Å². The molecule has 2 fully saturated rings. The van der Waals surface area contributed by atoms with Crippen LogP contribution in [0.15, 0.2) is 36.4 Å². The molecule has 1 aromatic rings. The zero-order valence-electron chi connectivity index (χ0n) is 17.0. The maximum Gasteiger partial charge on any atom is 0.410 e. The van der Waals surface area contributed by atoms with Gasteiger partial charge in [-0.05, 0) is 61.5 Å². The van der Waals surface area contributed by atoms with Crippen molar-refractivity contribution in [2.24, 2.45) is 17.8 Å². The number of carbonyl (C=O) groups is 2. The van der Waals surface area contributed by atoms with E-state index in [9.17, 15) is 14.9 Å². The predicted octanol–water partition coefficient (Wildman–Crippen LogP) is 4.03. The van der Waals surface area contributed by atoms with Crippen LogP contribution in [0.2, 0.25) is 0 Å². The molecule has 6 heteroatoms. The second-order valence-electron chi connectivity index (χ2n) is 7.75. The SMILES string of the molecule is CCOC(=O)C1CC2CC(C(=CC#N)c3ccccc3)CCC2CN1C(=O)OC. The Kier molecular flexibility index (Phi) is 6.92. The zero-order chi connectivity index (χ0) is 20.8. The highest BCUT2D eigenvalue weighted by Gasteiger charge is 2.45. The average Bonchev–Trinajstić information content (AvgIpc) is 2.76. The van der Waals surface area contributed by atoms with Crippen LogP contribution in [-0.4, -0.2) is 43.3 Å². The van der Waals surface area contributed by atoms with Gasteiger partial charge >= 0.3 is 12.1 Å². The number of likely N-dealkylation sites (tertiary alicyclic amines) is 1. The molecular weight excluding hydrogens is 368 g/mol. The highest BCUT2D eigenvalue weighted by Crippen LogP contribution is 2.45. The lowest BCUT2D eigenvalue weighted by molar-refractivity contribution is -0.152. The maximum atomic E-state index is 12.5. The van der Waals surface area contributed by atoms with E-state index in [2.05, 4.69) is 6.07 Å². The van der Waals surface area contributed by atoms with Gasteiger partial charge < -0.3 is 9.47 Å². The summed E-state index contributed by atoms with van der Waals surface area (Å²) in [5, 5.41) is 9.31. The highest BCUT2D eigenvalue weighted by molar-refractivity contribution is 5.81. The Balaban J connectivity index is 1.80. The summed E-state index contributed by atoms with van der Waals surface area (Å²) in [5.41, 5.74) is 2.14. The Labute approximate surface area is 172 Å².